The Morgan fingerprint density at radius 3 is 1.40 bits per heavy atom. The maximum Gasteiger partial charge on any atom is 0.134 e. The first-order chi connectivity index (χ1) is 14.7. The molecule has 0 bridgehead atoms. The highest BCUT2D eigenvalue weighted by atomic mass is 14.9. The van der Waals surface area contributed by atoms with Gasteiger partial charge in [-0.15, -0.1) is 0 Å². The van der Waals surface area contributed by atoms with E-state index in [0.29, 0.717) is 0 Å². The minimum absolute atomic E-state index is 0.199. The van der Waals surface area contributed by atoms with Crippen molar-refractivity contribution in [1.29, 1.82) is 0 Å². The molecule has 3 aromatic carbocycles. The Morgan fingerprint density at radius 2 is 0.967 bits per heavy atom. The molecular weight excluding hydrogens is 368 g/mol. The molecule has 4 rings (SSSR count). The monoisotopic (exact) mass is 397 g/mol. The molecule has 0 unspecified atom stereocenters. The second-order valence-corrected chi connectivity index (χ2v) is 7.61. The van der Waals surface area contributed by atoms with Crippen molar-refractivity contribution < 1.29 is 5.32 Å². The average Bonchev–Trinajstić information content (AvgIpc) is 2.78. The molecule has 0 fully saturated rings. The standard InChI is InChI=1S/C26H28N4/c1-19-3-5-21(6-4-19)28-23-11-13-25(14-12-23)30-26-17-15-24(16-18-26)29-22-9-7-20(27-2)8-10-22/h3-18,23,25,27-30H,1-2H3/p+1. The Balaban J connectivity index is 1.29. The van der Waals surface area contributed by atoms with Crippen LogP contribution in [0.2, 0.25) is 0 Å². The SMILES string of the molecule is CNc1ccc([NH2+]c2ccc(NC3C=CC(Nc4ccc(C)cc4)C=C3)cc2)cc1. The summed E-state index contributed by atoms with van der Waals surface area (Å²) in [5.74, 6) is 0. The highest BCUT2D eigenvalue weighted by molar-refractivity contribution is 5.53. The van der Waals surface area contributed by atoms with Crippen molar-refractivity contribution in [2.24, 2.45) is 0 Å². The third-order valence-corrected chi connectivity index (χ3v) is 5.21. The van der Waals surface area contributed by atoms with Gasteiger partial charge < -0.3 is 16.0 Å². The van der Waals surface area contributed by atoms with Crippen LogP contribution in [0.15, 0.2) is 97.1 Å². The third kappa shape index (κ3) is 5.31. The summed E-state index contributed by atoms with van der Waals surface area (Å²) >= 11 is 0. The summed E-state index contributed by atoms with van der Waals surface area (Å²) in [6, 6.07) is 25.9. The second kappa shape index (κ2) is 9.33. The smallest absolute Gasteiger partial charge is 0.134 e. The summed E-state index contributed by atoms with van der Waals surface area (Å²) in [6.07, 6.45) is 8.81. The van der Waals surface area contributed by atoms with Crippen molar-refractivity contribution in [3.05, 3.63) is 103 Å². The van der Waals surface area contributed by atoms with Gasteiger partial charge in [0.05, 0.1) is 12.1 Å². The van der Waals surface area contributed by atoms with E-state index in [0.717, 1.165) is 17.1 Å². The van der Waals surface area contributed by atoms with Gasteiger partial charge in [-0.1, -0.05) is 42.0 Å². The van der Waals surface area contributed by atoms with Crippen molar-refractivity contribution in [3.8, 4) is 0 Å². The molecule has 0 spiro atoms. The summed E-state index contributed by atoms with van der Waals surface area (Å²) in [7, 11) is 1.93. The lowest BCUT2D eigenvalue weighted by Crippen LogP contribution is -2.70. The zero-order chi connectivity index (χ0) is 20.8. The molecule has 0 aliphatic heterocycles. The van der Waals surface area contributed by atoms with Gasteiger partial charge in [-0.3, -0.25) is 5.32 Å². The van der Waals surface area contributed by atoms with E-state index in [4.69, 9.17) is 0 Å². The quantitative estimate of drug-likeness (QED) is 0.337. The molecule has 0 heterocycles. The predicted molar refractivity (Wildman–Crippen MR) is 128 cm³/mol. The number of nitrogens with one attached hydrogen (secondary N) is 3. The van der Waals surface area contributed by atoms with Gasteiger partial charge >= 0.3 is 0 Å². The van der Waals surface area contributed by atoms with E-state index in [1.54, 1.807) is 0 Å². The number of hydrogen-bond acceptors (Lipinski definition) is 3. The van der Waals surface area contributed by atoms with E-state index in [2.05, 4.69) is 125 Å². The number of hydrogen-bond donors (Lipinski definition) is 4. The van der Waals surface area contributed by atoms with Crippen LogP contribution in [0.3, 0.4) is 0 Å². The van der Waals surface area contributed by atoms with Crippen LogP contribution >= 0.6 is 0 Å². The van der Waals surface area contributed by atoms with Gasteiger partial charge in [-0.2, -0.15) is 0 Å². The van der Waals surface area contributed by atoms with Crippen LogP contribution in [0.1, 0.15) is 5.56 Å². The molecule has 1 aliphatic rings. The lowest BCUT2D eigenvalue weighted by molar-refractivity contribution is -0.478. The largest absolute Gasteiger partial charge is 0.388 e. The molecule has 4 heteroatoms. The van der Waals surface area contributed by atoms with Gasteiger partial charge in [0.25, 0.3) is 0 Å². The molecular formula is C26H29N4+. The van der Waals surface area contributed by atoms with E-state index in [1.165, 1.54) is 16.9 Å². The molecule has 0 atom stereocenters. The normalized spacial score (nSPS) is 17.5. The van der Waals surface area contributed by atoms with Crippen LogP contribution < -0.4 is 21.3 Å². The third-order valence-electron chi connectivity index (χ3n) is 5.21. The lowest BCUT2D eigenvalue weighted by atomic mass is 10.1. The molecule has 152 valence electrons. The molecule has 0 radical (unpaired) electrons. The summed E-state index contributed by atoms with van der Waals surface area (Å²) < 4.78 is 0. The number of aryl methyl sites for hydroxylation is 1. The van der Waals surface area contributed by atoms with Crippen LogP contribution in [0.5, 0.6) is 0 Å². The molecule has 1 aliphatic carbocycles. The van der Waals surface area contributed by atoms with Crippen molar-refractivity contribution in [2.45, 2.75) is 19.0 Å². The highest BCUT2D eigenvalue weighted by Crippen LogP contribution is 2.17. The Hall–Kier alpha value is -3.50. The Labute approximate surface area is 178 Å². The number of benzene rings is 3. The van der Waals surface area contributed by atoms with Gasteiger partial charge in [-0.05, 0) is 43.3 Å². The second-order valence-electron chi connectivity index (χ2n) is 7.61. The molecule has 0 amide bonds. The van der Waals surface area contributed by atoms with Crippen molar-refractivity contribution >= 4 is 28.4 Å². The first kappa shape index (κ1) is 19.8. The minimum atomic E-state index is 0.199. The molecule has 5 N–H and O–H groups in total. The lowest BCUT2D eigenvalue weighted by Gasteiger charge is -2.20. The molecule has 4 nitrogen and oxygen atoms in total. The summed E-state index contributed by atoms with van der Waals surface area (Å²) in [6.45, 7) is 2.10. The van der Waals surface area contributed by atoms with Gasteiger partial charge in [0.15, 0.2) is 0 Å². The fourth-order valence-corrected chi connectivity index (χ4v) is 3.45. The molecule has 0 saturated heterocycles. The van der Waals surface area contributed by atoms with Crippen molar-refractivity contribution in [3.63, 3.8) is 0 Å². The van der Waals surface area contributed by atoms with Crippen LogP contribution in [0.4, 0.5) is 28.4 Å². The number of anilines is 3. The summed E-state index contributed by atoms with van der Waals surface area (Å²) in [5.41, 5.74) is 7.03. The number of nitrogens with two attached hydrogens (primary N) is 1. The van der Waals surface area contributed by atoms with E-state index in [9.17, 15) is 0 Å². The Kier molecular flexibility index (Phi) is 6.16. The highest BCUT2D eigenvalue weighted by Gasteiger charge is 2.10. The predicted octanol–water partition coefficient (Wildman–Crippen LogP) is 4.95. The fourth-order valence-electron chi connectivity index (χ4n) is 3.45. The van der Waals surface area contributed by atoms with Gasteiger partial charge in [-0.25, -0.2) is 0 Å². The van der Waals surface area contributed by atoms with Crippen LogP contribution in [-0.4, -0.2) is 19.1 Å². The molecule has 0 aromatic heterocycles. The number of rotatable bonds is 7. The first-order valence-electron chi connectivity index (χ1n) is 10.4. The first-order valence-corrected chi connectivity index (χ1v) is 10.4. The zero-order valence-corrected chi connectivity index (χ0v) is 17.5. The van der Waals surface area contributed by atoms with Gasteiger partial charge in [0.2, 0.25) is 0 Å². The van der Waals surface area contributed by atoms with Crippen LogP contribution in [-0.2, 0) is 0 Å². The maximum atomic E-state index is 3.56. The maximum absolute atomic E-state index is 3.56. The minimum Gasteiger partial charge on any atom is -0.388 e. The van der Waals surface area contributed by atoms with Crippen molar-refractivity contribution in [1.82, 2.24) is 0 Å². The number of quaternary nitrogens is 1. The topological polar surface area (TPSA) is 52.7 Å². The van der Waals surface area contributed by atoms with Crippen LogP contribution in [0.25, 0.3) is 0 Å². The van der Waals surface area contributed by atoms with E-state index >= 15 is 0 Å². The average molecular weight is 398 g/mol. The van der Waals surface area contributed by atoms with Crippen molar-refractivity contribution in [2.75, 3.05) is 23.0 Å². The van der Waals surface area contributed by atoms with Gasteiger partial charge in [0, 0.05) is 48.4 Å². The fraction of sp³-hybridized carbons (Fsp3) is 0.154. The zero-order valence-electron chi connectivity index (χ0n) is 17.5. The van der Waals surface area contributed by atoms with Crippen LogP contribution in [0, 0.1) is 6.92 Å². The van der Waals surface area contributed by atoms with Gasteiger partial charge in [0.1, 0.15) is 11.4 Å². The van der Waals surface area contributed by atoms with E-state index < -0.39 is 0 Å². The van der Waals surface area contributed by atoms with E-state index in [-0.39, 0.29) is 12.1 Å². The Morgan fingerprint density at radius 1 is 0.567 bits per heavy atom. The summed E-state index contributed by atoms with van der Waals surface area (Å²) in [5, 5.41) is 12.4. The molecule has 3 aromatic rings. The Bertz CT molecular complexity index is 988. The van der Waals surface area contributed by atoms with E-state index in [1.807, 2.05) is 7.05 Å². The molecule has 30 heavy (non-hydrogen) atoms. The summed E-state index contributed by atoms with van der Waals surface area (Å²) in [4.78, 5) is 0. The molecule has 0 saturated carbocycles.